The molecule has 350 valence electrons. The van der Waals surface area contributed by atoms with Crippen molar-refractivity contribution < 1.29 is 33.3 Å². The molecule has 8 heterocycles. The van der Waals surface area contributed by atoms with E-state index < -0.39 is 29.7 Å². The zero-order chi connectivity index (χ0) is 46.7. The zero-order valence-corrected chi connectivity index (χ0v) is 38.7. The highest BCUT2D eigenvalue weighted by Gasteiger charge is 2.51. The molecule has 6 aliphatic heterocycles. The smallest absolute Gasteiger partial charge is 0.434 e. The van der Waals surface area contributed by atoms with Gasteiger partial charge in [-0.05, 0) is 99.9 Å². The van der Waals surface area contributed by atoms with Gasteiger partial charge in [-0.15, -0.1) is 0 Å². The highest BCUT2D eigenvalue weighted by Crippen LogP contribution is 2.44. The van der Waals surface area contributed by atoms with Crippen LogP contribution in [0.3, 0.4) is 0 Å². The lowest BCUT2D eigenvalue weighted by Gasteiger charge is -2.53. The van der Waals surface area contributed by atoms with Crippen molar-refractivity contribution in [2.24, 2.45) is 5.41 Å². The Morgan fingerprint density at radius 3 is 2.45 bits per heavy atom. The molecule has 6 aliphatic rings. The summed E-state index contributed by atoms with van der Waals surface area (Å²) in [6.45, 7) is 10.5. The first-order valence-corrected chi connectivity index (χ1v) is 23.7. The van der Waals surface area contributed by atoms with E-state index in [9.17, 15) is 28.8 Å². The Hall–Kier alpha value is -6.24. The number of hydrogen-bond acceptors (Lipinski definition) is 13. The number of amides is 5. The maximum absolute atomic E-state index is 13.4. The van der Waals surface area contributed by atoms with Gasteiger partial charge in [0.1, 0.15) is 17.3 Å². The van der Waals surface area contributed by atoms with Crippen LogP contribution in [0, 0.1) is 5.41 Å². The SMILES string of the molecule is CNC(=O)COc1cc2cc(Nc3nc([N+]4=CCC(N5CCC6(C5)CN(C5CCN(c7ccc8c(c7)C(=O)N(C7CCC(=O)NC7=O)C8=O)CC5)C6)CC4)ncc3Cl)ccc2n(C(C)C)c1=O. The Kier molecular flexibility index (Phi) is 11.8. The summed E-state index contributed by atoms with van der Waals surface area (Å²) >= 11 is 6.63. The van der Waals surface area contributed by atoms with Gasteiger partial charge in [-0.2, -0.15) is 0 Å². The number of likely N-dealkylation sites (N-methyl/N-ethyl adjacent to an activating group) is 1. The van der Waals surface area contributed by atoms with Gasteiger partial charge in [0, 0.05) is 99.1 Å². The third kappa shape index (κ3) is 8.43. The number of aromatic nitrogens is 3. The molecule has 0 saturated carbocycles. The number of hydrogen-bond donors (Lipinski definition) is 3. The Bertz CT molecular complexity index is 2800. The second kappa shape index (κ2) is 17.8. The summed E-state index contributed by atoms with van der Waals surface area (Å²) in [6, 6.07) is 12.5. The minimum atomic E-state index is -0.974. The van der Waals surface area contributed by atoms with Gasteiger partial charge in [-0.25, -0.2) is 4.58 Å². The van der Waals surface area contributed by atoms with E-state index in [0.717, 1.165) is 93.0 Å². The van der Waals surface area contributed by atoms with Crippen LogP contribution in [-0.4, -0.2) is 147 Å². The van der Waals surface area contributed by atoms with Gasteiger partial charge in [0.25, 0.3) is 23.3 Å². The number of pyridine rings is 1. The number of halogens is 1. The van der Waals surface area contributed by atoms with Crippen molar-refractivity contribution in [3.05, 3.63) is 75.2 Å². The van der Waals surface area contributed by atoms with E-state index in [2.05, 4.69) is 46.4 Å². The lowest BCUT2D eigenvalue weighted by atomic mass is 9.77. The average Bonchev–Trinajstić information content (AvgIpc) is 3.87. The lowest BCUT2D eigenvalue weighted by molar-refractivity contribution is -0.452. The van der Waals surface area contributed by atoms with Crippen molar-refractivity contribution in [2.75, 3.05) is 69.7 Å². The number of nitrogens with zero attached hydrogens (tertiary/aromatic N) is 8. The summed E-state index contributed by atoms with van der Waals surface area (Å²) in [5.41, 5.74) is 2.99. The molecule has 10 rings (SSSR count). The number of rotatable bonds is 11. The first-order valence-electron chi connectivity index (χ1n) is 23.3. The van der Waals surface area contributed by atoms with E-state index >= 15 is 0 Å². The number of carbonyl (C=O) groups excluding carboxylic acids is 5. The Morgan fingerprint density at radius 2 is 1.72 bits per heavy atom. The van der Waals surface area contributed by atoms with Crippen LogP contribution in [0.1, 0.15) is 85.6 Å². The largest absolute Gasteiger partial charge is 0.478 e. The molecule has 67 heavy (non-hydrogen) atoms. The van der Waals surface area contributed by atoms with Gasteiger partial charge in [-0.1, -0.05) is 16.6 Å². The van der Waals surface area contributed by atoms with Crippen molar-refractivity contribution in [2.45, 2.75) is 83.0 Å². The van der Waals surface area contributed by atoms with Crippen molar-refractivity contribution >= 4 is 81.4 Å². The van der Waals surface area contributed by atoms with Crippen LogP contribution in [-0.2, 0) is 14.4 Å². The second-order valence-electron chi connectivity index (χ2n) is 19.1. The van der Waals surface area contributed by atoms with E-state index in [0.29, 0.717) is 51.1 Å². The summed E-state index contributed by atoms with van der Waals surface area (Å²) in [5, 5.41) is 9.24. The third-order valence-electron chi connectivity index (χ3n) is 14.5. The van der Waals surface area contributed by atoms with Gasteiger partial charge >= 0.3 is 5.95 Å². The molecule has 4 saturated heterocycles. The average molecular weight is 933 g/mol. The molecule has 2 aromatic heterocycles. The van der Waals surface area contributed by atoms with E-state index in [1.165, 1.54) is 13.5 Å². The maximum Gasteiger partial charge on any atom is 0.434 e. The van der Waals surface area contributed by atoms with Gasteiger partial charge < -0.3 is 24.8 Å². The third-order valence-corrected chi connectivity index (χ3v) is 14.8. The van der Waals surface area contributed by atoms with Gasteiger partial charge in [0.15, 0.2) is 12.4 Å². The number of benzene rings is 2. The van der Waals surface area contributed by atoms with Gasteiger partial charge in [-0.3, -0.25) is 48.8 Å². The first-order chi connectivity index (χ1) is 32.3. The standard InChI is InChI=1S/C48H54ClN11O7/c1-28(2)59-37-7-4-30(20-29(37)21-39(46(59)66)67-24-41(62)50-3)52-42-36(49)23-51-47(54-42)56-17-12-31(13-18-56)57-19-14-48(25-57)26-58(27-48)32-10-15-55(16-11-32)33-5-6-34-35(22-33)45(65)60(44(34)64)38-8-9-40(61)53-43(38)63/h4-7,17,20-23,28,31-32,38H,8-16,18-19,24-27H2,1-3H3,(H2-,50,51,52,53,54,61,62,63)/p+1. The number of likely N-dealkylation sites (tertiary alicyclic amines) is 2. The fourth-order valence-corrected chi connectivity index (χ4v) is 11.1. The fourth-order valence-electron chi connectivity index (χ4n) is 11.0. The van der Waals surface area contributed by atoms with Crippen LogP contribution < -0.4 is 31.1 Å². The molecule has 3 N–H and O–H groups in total. The minimum Gasteiger partial charge on any atom is -0.478 e. The molecule has 0 aliphatic carbocycles. The highest BCUT2D eigenvalue weighted by atomic mass is 35.5. The Labute approximate surface area is 392 Å². The predicted octanol–water partition coefficient (Wildman–Crippen LogP) is 3.85. The highest BCUT2D eigenvalue weighted by molar-refractivity contribution is 6.33. The van der Waals surface area contributed by atoms with Crippen LogP contribution in [0.25, 0.3) is 10.9 Å². The van der Waals surface area contributed by atoms with Gasteiger partial charge in [0.2, 0.25) is 17.6 Å². The van der Waals surface area contributed by atoms with Crippen molar-refractivity contribution in [3.8, 4) is 5.75 Å². The zero-order valence-electron chi connectivity index (χ0n) is 37.9. The predicted molar refractivity (Wildman–Crippen MR) is 251 cm³/mol. The van der Waals surface area contributed by atoms with Crippen molar-refractivity contribution in [1.29, 1.82) is 0 Å². The molecular formula is C48H55ClN11O7+. The number of nitrogens with one attached hydrogen (secondary N) is 3. The summed E-state index contributed by atoms with van der Waals surface area (Å²) in [4.78, 5) is 94.0. The van der Waals surface area contributed by atoms with E-state index in [4.69, 9.17) is 21.3 Å². The molecule has 2 unspecified atom stereocenters. The van der Waals surface area contributed by atoms with Crippen LogP contribution in [0.5, 0.6) is 5.75 Å². The van der Waals surface area contributed by atoms with E-state index in [1.54, 1.807) is 29.0 Å². The lowest BCUT2D eigenvalue weighted by Crippen LogP contribution is -2.62. The maximum atomic E-state index is 13.4. The molecule has 2 aromatic carbocycles. The van der Waals surface area contributed by atoms with E-state index in [-0.39, 0.29) is 42.7 Å². The van der Waals surface area contributed by atoms with Crippen LogP contribution in [0.2, 0.25) is 5.02 Å². The molecule has 0 bridgehead atoms. The molecule has 18 nitrogen and oxygen atoms in total. The van der Waals surface area contributed by atoms with E-state index in [1.807, 2.05) is 38.1 Å². The van der Waals surface area contributed by atoms with Crippen molar-refractivity contribution in [1.82, 2.24) is 39.9 Å². The number of piperidine rings is 2. The summed E-state index contributed by atoms with van der Waals surface area (Å²) in [5.74, 6) is -1.16. The monoisotopic (exact) mass is 932 g/mol. The Balaban J connectivity index is 0.720. The molecular weight excluding hydrogens is 878 g/mol. The van der Waals surface area contributed by atoms with Crippen LogP contribution in [0.15, 0.2) is 53.5 Å². The fraction of sp³-hybridized carbons (Fsp3) is 0.479. The Morgan fingerprint density at radius 1 is 0.940 bits per heavy atom. The molecule has 4 fully saturated rings. The number of fused-ring (bicyclic) bond motifs is 2. The van der Waals surface area contributed by atoms with Crippen molar-refractivity contribution in [3.63, 3.8) is 0 Å². The second-order valence-corrected chi connectivity index (χ2v) is 19.5. The summed E-state index contributed by atoms with van der Waals surface area (Å²) in [7, 11) is 1.52. The molecule has 0 radical (unpaired) electrons. The number of ether oxygens (including phenoxy) is 1. The van der Waals surface area contributed by atoms with Crippen LogP contribution >= 0.6 is 11.6 Å². The normalized spacial score (nSPS) is 22.3. The van der Waals surface area contributed by atoms with Gasteiger partial charge in [0.05, 0.1) is 23.2 Å². The molecule has 4 aromatic rings. The molecule has 5 amide bonds. The first kappa shape index (κ1) is 44.6. The van der Waals surface area contributed by atoms with Crippen LogP contribution in [0.4, 0.5) is 23.1 Å². The number of carbonyl (C=O) groups is 5. The topological polar surface area (TPSA) is 194 Å². The molecule has 1 spiro atoms. The number of imide groups is 2. The number of anilines is 3. The minimum absolute atomic E-state index is 0.0920. The molecule has 19 heteroatoms. The molecule has 2 atom stereocenters. The quantitative estimate of drug-likeness (QED) is 0.145. The summed E-state index contributed by atoms with van der Waals surface area (Å²) in [6.07, 6.45) is 9.18. The summed E-state index contributed by atoms with van der Waals surface area (Å²) < 4.78 is 9.39.